The number of phenolic OH excluding ortho intramolecular Hbond substituents is 1. The van der Waals surface area contributed by atoms with Gasteiger partial charge in [0.05, 0.1) is 13.3 Å². The molecule has 0 radical (unpaired) electrons. The van der Waals surface area contributed by atoms with Crippen molar-refractivity contribution in [3.05, 3.63) is 66.5 Å². The van der Waals surface area contributed by atoms with Gasteiger partial charge in [-0.05, 0) is 29.8 Å². The maximum atomic E-state index is 12.3. The van der Waals surface area contributed by atoms with Crippen molar-refractivity contribution in [2.24, 2.45) is 7.05 Å². The summed E-state index contributed by atoms with van der Waals surface area (Å²) in [5.74, 6) is 0.155. The highest BCUT2D eigenvalue weighted by Crippen LogP contribution is 2.28. The minimum Gasteiger partial charge on any atom is -0.504 e. The molecule has 0 atom stereocenters. The van der Waals surface area contributed by atoms with Crippen LogP contribution in [-0.4, -0.2) is 27.9 Å². The van der Waals surface area contributed by atoms with Gasteiger partial charge in [-0.1, -0.05) is 24.3 Å². The molecule has 1 amide bonds. The molecule has 3 rings (SSSR count). The number of nitrogens with one attached hydrogen (secondary N) is 1. The summed E-state index contributed by atoms with van der Waals surface area (Å²) in [6.45, 7) is 0. The van der Waals surface area contributed by atoms with Crippen molar-refractivity contribution in [3.8, 4) is 22.6 Å². The number of aromatic hydroxyl groups is 1. The summed E-state index contributed by atoms with van der Waals surface area (Å²) in [7, 11) is 3.32. The third-order valence-electron chi connectivity index (χ3n) is 3.83. The van der Waals surface area contributed by atoms with Crippen molar-refractivity contribution < 1.29 is 14.6 Å². The van der Waals surface area contributed by atoms with Gasteiger partial charge in [0.1, 0.15) is 0 Å². The smallest absolute Gasteiger partial charge is 0.248 e. The second-order valence-electron chi connectivity index (χ2n) is 5.70. The fourth-order valence-electron chi connectivity index (χ4n) is 2.55. The highest BCUT2D eigenvalue weighted by molar-refractivity contribution is 6.04. The Hall–Kier alpha value is -3.54. The van der Waals surface area contributed by atoms with E-state index in [4.69, 9.17) is 4.74 Å². The van der Waals surface area contributed by atoms with E-state index in [1.807, 2.05) is 37.5 Å². The molecule has 0 saturated heterocycles. The molecule has 6 nitrogen and oxygen atoms in total. The van der Waals surface area contributed by atoms with Gasteiger partial charge < -0.3 is 15.2 Å². The minimum atomic E-state index is -0.256. The molecule has 132 valence electrons. The number of aryl methyl sites for hydroxylation is 1. The van der Waals surface area contributed by atoms with Crippen LogP contribution >= 0.6 is 0 Å². The molecule has 0 saturated carbocycles. The zero-order chi connectivity index (χ0) is 18.5. The van der Waals surface area contributed by atoms with E-state index in [1.54, 1.807) is 29.1 Å². The van der Waals surface area contributed by atoms with Crippen molar-refractivity contribution in [2.75, 3.05) is 12.4 Å². The molecular formula is C20H19N3O3. The molecule has 0 aliphatic heterocycles. The molecule has 0 bridgehead atoms. The first-order valence-corrected chi connectivity index (χ1v) is 8.01. The number of ether oxygens (including phenoxy) is 1. The van der Waals surface area contributed by atoms with Gasteiger partial charge >= 0.3 is 0 Å². The lowest BCUT2D eigenvalue weighted by atomic mass is 10.1. The first-order valence-electron chi connectivity index (χ1n) is 8.01. The third-order valence-corrected chi connectivity index (χ3v) is 3.83. The molecule has 0 unspecified atom stereocenters. The Kier molecular flexibility index (Phi) is 5.03. The van der Waals surface area contributed by atoms with E-state index >= 15 is 0 Å². The number of amides is 1. The average molecular weight is 349 g/mol. The predicted octanol–water partition coefficient (Wildman–Crippen LogP) is 3.45. The summed E-state index contributed by atoms with van der Waals surface area (Å²) in [6, 6.07) is 12.4. The molecule has 1 heterocycles. The molecule has 0 spiro atoms. The number of hydrogen-bond acceptors (Lipinski definition) is 4. The molecule has 26 heavy (non-hydrogen) atoms. The summed E-state index contributed by atoms with van der Waals surface area (Å²) < 4.78 is 6.78. The second-order valence-corrected chi connectivity index (χ2v) is 5.70. The highest BCUT2D eigenvalue weighted by Gasteiger charge is 2.08. The Labute approximate surface area is 151 Å². The number of aromatic nitrogens is 2. The van der Waals surface area contributed by atoms with E-state index in [9.17, 15) is 9.90 Å². The van der Waals surface area contributed by atoms with E-state index in [0.29, 0.717) is 11.4 Å². The van der Waals surface area contributed by atoms with Crippen LogP contribution in [0.15, 0.2) is 60.9 Å². The van der Waals surface area contributed by atoms with Crippen LogP contribution in [0.25, 0.3) is 17.2 Å². The molecule has 6 heteroatoms. The molecule has 0 aliphatic carbocycles. The summed E-state index contributed by atoms with van der Waals surface area (Å²) in [5, 5.41) is 16.7. The largest absolute Gasteiger partial charge is 0.504 e. The monoisotopic (exact) mass is 349 g/mol. The van der Waals surface area contributed by atoms with Gasteiger partial charge in [-0.15, -0.1) is 0 Å². The van der Waals surface area contributed by atoms with E-state index in [2.05, 4.69) is 10.4 Å². The van der Waals surface area contributed by atoms with Gasteiger partial charge in [0.2, 0.25) is 5.91 Å². The van der Waals surface area contributed by atoms with Gasteiger partial charge in [0, 0.05) is 36.1 Å². The topological polar surface area (TPSA) is 76.4 Å². The number of hydrogen-bond donors (Lipinski definition) is 2. The Morgan fingerprint density at radius 1 is 1.27 bits per heavy atom. The van der Waals surface area contributed by atoms with Crippen LogP contribution in [0.2, 0.25) is 0 Å². The number of para-hydroxylation sites is 1. The second kappa shape index (κ2) is 7.57. The molecule has 2 aromatic carbocycles. The quantitative estimate of drug-likeness (QED) is 0.692. The van der Waals surface area contributed by atoms with Crippen molar-refractivity contribution in [2.45, 2.75) is 0 Å². The summed E-state index contributed by atoms with van der Waals surface area (Å²) in [4.78, 5) is 12.3. The molecule has 1 aromatic heterocycles. The van der Waals surface area contributed by atoms with Crippen molar-refractivity contribution in [1.82, 2.24) is 9.78 Å². The SMILES string of the molecule is COc1cc(/C=C/C(=O)Nc2ccccc2-c2cnn(C)c2)ccc1O. The van der Waals surface area contributed by atoms with Gasteiger partial charge in [-0.2, -0.15) is 5.10 Å². The van der Waals surface area contributed by atoms with Crippen molar-refractivity contribution in [1.29, 1.82) is 0 Å². The first kappa shape index (κ1) is 17.3. The summed E-state index contributed by atoms with van der Waals surface area (Å²) in [6.07, 6.45) is 6.74. The number of anilines is 1. The Morgan fingerprint density at radius 3 is 2.81 bits per heavy atom. The van der Waals surface area contributed by atoms with E-state index in [1.165, 1.54) is 19.3 Å². The predicted molar refractivity (Wildman–Crippen MR) is 101 cm³/mol. The third kappa shape index (κ3) is 3.92. The van der Waals surface area contributed by atoms with Gasteiger partial charge in [0.15, 0.2) is 11.5 Å². The Bertz CT molecular complexity index is 960. The first-order chi connectivity index (χ1) is 12.6. The molecule has 0 aliphatic rings. The lowest BCUT2D eigenvalue weighted by molar-refractivity contribution is -0.111. The zero-order valence-corrected chi connectivity index (χ0v) is 14.5. The number of benzene rings is 2. The van der Waals surface area contributed by atoms with Crippen molar-refractivity contribution >= 4 is 17.7 Å². The number of phenols is 1. The molecular weight excluding hydrogens is 330 g/mol. The van der Waals surface area contributed by atoms with E-state index in [0.717, 1.165) is 16.7 Å². The molecule has 3 aromatic rings. The normalized spacial score (nSPS) is 10.8. The maximum Gasteiger partial charge on any atom is 0.248 e. The van der Waals surface area contributed by atoms with Crippen LogP contribution in [0, 0.1) is 0 Å². The number of methoxy groups -OCH3 is 1. The average Bonchev–Trinajstić information content (AvgIpc) is 3.07. The highest BCUT2D eigenvalue weighted by atomic mass is 16.5. The van der Waals surface area contributed by atoms with Gasteiger partial charge in [0.25, 0.3) is 0 Å². The summed E-state index contributed by atoms with van der Waals surface area (Å²) >= 11 is 0. The Morgan fingerprint density at radius 2 is 2.08 bits per heavy atom. The number of carbonyl (C=O) groups excluding carboxylic acids is 1. The maximum absolute atomic E-state index is 12.3. The van der Waals surface area contributed by atoms with Gasteiger partial charge in [-0.25, -0.2) is 0 Å². The summed E-state index contributed by atoms with van der Waals surface area (Å²) in [5.41, 5.74) is 3.28. The van der Waals surface area contributed by atoms with E-state index in [-0.39, 0.29) is 11.7 Å². The molecule has 2 N–H and O–H groups in total. The fraction of sp³-hybridized carbons (Fsp3) is 0.100. The van der Waals surface area contributed by atoms with Crippen LogP contribution in [0.4, 0.5) is 5.69 Å². The van der Waals surface area contributed by atoms with Crippen molar-refractivity contribution in [3.63, 3.8) is 0 Å². The number of carbonyl (C=O) groups is 1. The standard InChI is InChI=1S/C20H19N3O3/c1-23-13-15(12-21-23)16-5-3-4-6-17(16)22-20(25)10-8-14-7-9-18(24)19(11-14)26-2/h3-13,24H,1-2H3,(H,22,25)/b10-8+. The minimum absolute atomic E-state index is 0.0551. The van der Waals surface area contributed by atoms with Crippen LogP contribution in [0.5, 0.6) is 11.5 Å². The van der Waals surface area contributed by atoms with Gasteiger partial charge in [-0.3, -0.25) is 9.48 Å². The van der Waals surface area contributed by atoms with Crippen LogP contribution in [-0.2, 0) is 11.8 Å². The van der Waals surface area contributed by atoms with E-state index < -0.39 is 0 Å². The fourth-order valence-corrected chi connectivity index (χ4v) is 2.55. The van der Waals surface area contributed by atoms with Crippen LogP contribution in [0.3, 0.4) is 0 Å². The lowest BCUT2D eigenvalue weighted by Gasteiger charge is -2.08. The zero-order valence-electron chi connectivity index (χ0n) is 14.5. The lowest BCUT2D eigenvalue weighted by Crippen LogP contribution is -2.08. The number of nitrogens with zero attached hydrogens (tertiary/aromatic N) is 2. The molecule has 0 fully saturated rings. The van der Waals surface area contributed by atoms with Crippen LogP contribution < -0.4 is 10.1 Å². The van der Waals surface area contributed by atoms with Crippen LogP contribution in [0.1, 0.15) is 5.56 Å². The number of rotatable bonds is 5. The Balaban J connectivity index is 1.77.